The van der Waals surface area contributed by atoms with E-state index in [2.05, 4.69) is 33.3 Å². The van der Waals surface area contributed by atoms with E-state index >= 15 is 0 Å². The molecule has 9 nitrogen and oxygen atoms in total. The van der Waals surface area contributed by atoms with Crippen LogP contribution in [0.4, 0.5) is 5.82 Å². The van der Waals surface area contributed by atoms with Crippen molar-refractivity contribution in [3.8, 4) is 0 Å². The van der Waals surface area contributed by atoms with Crippen LogP contribution in [0, 0.1) is 6.92 Å². The lowest BCUT2D eigenvalue weighted by atomic mass is 9.84. The number of benzene rings is 1. The molecule has 3 N–H and O–H groups in total. The number of piperazine rings is 1. The van der Waals surface area contributed by atoms with Crippen molar-refractivity contribution in [2.45, 2.75) is 45.1 Å². The van der Waals surface area contributed by atoms with Crippen LogP contribution in [0.3, 0.4) is 0 Å². The van der Waals surface area contributed by atoms with Crippen molar-refractivity contribution in [2.75, 3.05) is 32.7 Å². The fraction of sp³-hybridized carbons (Fsp3) is 0.462. The van der Waals surface area contributed by atoms with Crippen molar-refractivity contribution in [2.24, 2.45) is 10.8 Å². The fourth-order valence-electron chi connectivity index (χ4n) is 5.44. The highest BCUT2D eigenvalue weighted by molar-refractivity contribution is 5.94. The molecule has 1 aromatic heterocycles. The summed E-state index contributed by atoms with van der Waals surface area (Å²) in [6.45, 7) is 6.63. The van der Waals surface area contributed by atoms with Gasteiger partial charge in [-0.1, -0.05) is 12.1 Å². The molecule has 35 heavy (non-hydrogen) atoms. The number of ether oxygens (including phenoxy) is 1. The Morgan fingerprint density at radius 2 is 2.09 bits per heavy atom. The van der Waals surface area contributed by atoms with Crippen molar-refractivity contribution in [1.29, 1.82) is 0 Å². The zero-order chi connectivity index (χ0) is 24.4. The molecule has 1 unspecified atom stereocenters. The Balaban J connectivity index is 1.17. The number of nitrogens with two attached hydrogens (primary N) is 1. The molecule has 1 amide bonds. The predicted molar refractivity (Wildman–Crippen MR) is 132 cm³/mol. The molecule has 2 aromatic rings. The first-order chi connectivity index (χ1) is 17.0. The lowest BCUT2D eigenvalue weighted by molar-refractivity contribution is -0.135. The molecule has 2 aliphatic heterocycles. The first-order valence-electron chi connectivity index (χ1n) is 12.3. The molecule has 0 radical (unpaired) electrons. The summed E-state index contributed by atoms with van der Waals surface area (Å²) in [4.78, 5) is 38.4. The van der Waals surface area contributed by atoms with Crippen LogP contribution in [0.1, 0.15) is 57.1 Å². The molecule has 5 rings (SSSR count). The van der Waals surface area contributed by atoms with E-state index in [1.807, 2.05) is 23.1 Å². The van der Waals surface area contributed by atoms with Gasteiger partial charge in [0.05, 0.1) is 11.5 Å². The SMILES string of the molecule is Cc1c(CCN2CCN(C(=O)C3CCCc4nc(N=CNN)ccc43)CC2)ccc2c1COC2=O. The second-order valence-corrected chi connectivity index (χ2v) is 9.44. The Kier molecular flexibility index (Phi) is 6.79. The summed E-state index contributed by atoms with van der Waals surface area (Å²) in [5, 5.41) is 0. The lowest BCUT2D eigenvalue weighted by Gasteiger charge is -2.37. The maximum atomic E-state index is 13.4. The van der Waals surface area contributed by atoms with Gasteiger partial charge in [0, 0.05) is 44.0 Å². The second-order valence-electron chi connectivity index (χ2n) is 9.44. The molecule has 0 bridgehead atoms. The lowest BCUT2D eigenvalue weighted by Crippen LogP contribution is -2.50. The number of carbonyl (C=O) groups is 2. The Morgan fingerprint density at radius 1 is 1.26 bits per heavy atom. The van der Waals surface area contributed by atoms with Crippen molar-refractivity contribution in [1.82, 2.24) is 20.2 Å². The number of esters is 1. The normalized spacial score (nSPS) is 20.0. The van der Waals surface area contributed by atoms with Crippen LogP contribution in [0.25, 0.3) is 0 Å². The molecule has 3 aliphatic rings. The summed E-state index contributed by atoms with van der Waals surface area (Å²) in [5.74, 6) is 5.72. The van der Waals surface area contributed by atoms with Crippen molar-refractivity contribution in [3.63, 3.8) is 0 Å². The van der Waals surface area contributed by atoms with E-state index in [1.165, 1.54) is 17.5 Å². The average molecular weight is 477 g/mol. The van der Waals surface area contributed by atoms with Crippen molar-refractivity contribution < 1.29 is 14.3 Å². The van der Waals surface area contributed by atoms with Crippen molar-refractivity contribution in [3.05, 3.63) is 57.8 Å². The third-order valence-electron chi connectivity index (χ3n) is 7.51. The van der Waals surface area contributed by atoms with Crippen LogP contribution in [0.15, 0.2) is 29.3 Å². The van der Waals surface area contributed by atoms with Crippen LogP contribution in [-0.2, 0) is 29.0 Å². The number of hydrogen-bond donors (Lipinski definition) is 2. The van der Waals surface area contributed by atoms with Gasteiger partial charge in [0.25, 0.3) is 0 Å². The molecular formula is C26H32N6O3. The first-order valence-corrected chi connectivity index (χ1v) is 12.3. The Morgan fingerprint density at radius 3 is 2.89 bits per heavy atom. The zero-order valence-corrected chi connectivity index (χ0v) is 20.1. The minimum absolute atomic E-state index is 0.123. The highest BCUT2D eigenvalue weighted by Gasteiger charge is 2.32. The largest absolute Gasteiger partial charge is 0.457 e. The third-order valence-corrected chi connectivity index (χ3v) is 7.51. The minimum atomic E-state index is -0.218. The standard InChI is InChI=1S/C26H32N6O3/c1-17-18(5-6-21-22(17)15-35-26(21)34)9-10-31-11-13-32(14-12-31)25(33)20-3-2-4-23-19(20)7-8-24(30-23)28-16-29-27/h5-8,16,20H,2-4,9-15,27H2,1H3,(H,28,29,30). The molecule has 1 aromatic carbocycles. The summed E-state index contributed by atoms with van der Waals surface area (Å²) in [7, 11) is 0. The molecule has 1 atom stereocenters. The maximum Gasteiger partial charge on any atom is 0.338 e. The van der Waals surface area contributed by atoms with Gasteiger partial charge in [-0.2, -0.15) is 0 Å². The molecule has 0 saturated carbocycles. The van der Waals surface area contributed by atoms with E-state index in [1.54, 1.807) is 0 Å². The number of fused-ring (bicyclic) bond motifs is 2. The Hall–Kier alpha value is -3.30. The Labute approximate surface area is 205 Å². The summed E-state index contributed by atoms with van der Waals surface area (Å²) in [6.07, 6.45) is 5.02. The van der Waals surface area contributed by atoms with Gasteiger partial charge >= 0.3 is 5.97 Å². The van der Waals surface area contributed by atoms with Gasteiger partial charge in [-0.15, -0.1) is 0 Å². The molecule has 0 spiro atoms. The van der Waals surface area contributed by atoms with E-state index in [-0.39, 0.29) is 17.8 Å². The Bertz CT molecular complexity index is 1160. The highest BCUT2D eigenvalue weighted by Crippen LogP contribution is 2.33. The number of hydrazine groups is 1. The van der Waals surface area contributed by atoms with E-state index in [4.69, 9.17) is 10.6 Å². The van der Waals surface area contributed by atoms with Gasteiger partial charge < -0.3 is 15.1 Å². The zero-order valence-electron chi connectivity index (χ0n) is 20.1. The molecule has 9 heteroatoms. The number of cyclic esters (lactones) is 1. The van der Waals surface area contributed by atoms with Crippen LogP contribution < -0.4 is 11.3 Å². The van der Waals surface area contributed by atoms with E-state index in [9.17, 15) is 9.59 Å². The quantitative estimate of drug-likeness (QED) is 0.216. The van der Waals surface area contributed by atoms with Gasteiger partial charge in [0.1, 0.15) is 12.9 Å². The number of amides is 1. The number of rotatable bonds is 6. The third kappa shape index (κ3) is 4.78. The minimum Gasteiger partial charge on any atom is -0.457 e. The first kappa shape index (κ1) is 23.4. The summed E-state index contributed by atoms with van der Waals surface area (Å²) in [6, 6.07) is 7.80. The number of nitrogens with one attached hydrogen (secondary N) is 1. The molecule has 1 fully saturated rings. The van der Waals surface area contributed by atoms with Gasteiger partial charge in [-0.25, -0.2) is 20.6 Å². The summed E-state index contributed by atoms with van der Waals surface area (Å²) in [5.41, 5.74) is 8.56. The fourth-order valence-corrected chi connectivity index (χ4v) is 5.44. The maximum absolute atomic E-state index is 13.4. The number of aliphatic imine (C=N–C) groups is 1. The number of aryl methyl sites for hydroxylation is 1. The molecule has 184 valence electrons. The van der Waals surface area contributed by atoms with E-state index in [0.717, 1.165) is 75.2 Å². The second kappa shape index (κ2) is 10.1. The molecule has 1 aliphatic carbocycles. The summed E-state index contributed by atoms with van der Waals surface area (Å²) >= 11 is 0. The average Bonchev–Trinajstić information content (AvgIpc) is 3.27. The van der Waals surface area contributed by atoms with Crippen molar-refractivity contribution >= 4 is 24.0 Å². The number of hydrogen-bond acceptors (Lipinski definition) is 7. The smallest absolute Gasteiger partial charge is 0.338 e. The van der Waals surface area contributed by atoms with E-state index in [0.29, 0.717) is 18.0 Å². The van der Waals surface area contributed by atoms with Gasteiger partial charge in [0.2, 0.25) is 5.91 Å². The van der Waals surface area contributed by atoms with Crippen LogP contribution in [0.5, 0.6) is 0 Å². The van der Waals surface area contributed by atoms with Crippen LogP contribution in [0.2, 0.25) is 0 Å². The summed E-state index contributed by atoms with van der Waals surface area (Å²) < 4.78 is 5.18. The molecular weight excluding hydrogens is 444 g/mol. The topological polar surface area (TPSA) is 113 Å². The van der Waals surface area contributed by atoms with Crippen LogP contribution >= 0.6 is 0 Å². The van der Waals surface area contributed by atoms with Gasteiger partial charge in [-0.3, -0.25) is 9.69 Å². The van der Waals surface area contributed by atoms with Crippen LogP contribution in [-0.4, -0.2) is 65.7 Å². The molecule has 1 saturated heterocycles. The highest BCUT2D eigenvalue weighted by atomic mass is 16.5. The number of carbonyl (C=O) groups excluding carboxylic acids is 2. The number of aromatic nitrogens is 1. The van der Waals surface area contributed by atoms with Gasteiger partial charge in [-0.05, 0) is 61.4 Å². The van der Waals surface area contributed by atoms with Gasteiger partial charge in [0.15, 0.2) is 5.82 Å². The number of nitrogens with zero attached hydrogens (tertiary/aromatic N) is 4. The number of pyridine rings is 1. The monoisotopic (exact) mass is 476 g/mol. The molecule has 3 heterocycles. The van der Waals surface area contributed by atoms with E-state index < -0.39 is 0 Å². The predicted octanol–water partition coefficient (Wildman–Crippen LogP) is 1.99.